The van der Waals surface area contributed by atoms with Crippen LogP contribution in [0.4, 0.5) is 0 Å². The zero-order chi connectivity index (χ0) is 23.2. The lowest BCUT2D eigenvalue weighted by molar-refractivity contribution is -0.140. The lowest BCUT2D eigenvalue weighted by Gasteiger charge is -2.30. The molecular weight excluding hydrogens is 400 g/mol. The number of carbonyl (C=O) groups is 2. The van der Waals surface area contributed by atoms with Gasteiger partial charge in [-0.1, -0.05) is 68.3 Å². The smallest absolute Gasteiger partial charge is 0.242 e. The number of aryl methyl sites for hydroxylation is 1. The molecule has 0 saturated heterocycles. The van der Waals surface area contributed by atoms with Gasteiger partial charge in [-0.05, 0) is 50.3 Å². The van der Waals surface area contributed by atoms with Gasteiger partial charge in [0.25, 0.3) is 0 Å². The molecule has 0 saturated carbocycles. The Morgan fingerprint density at radius 3 is 2.38 bits per heavy atom. The third-order valence-electron chi connectivity index (χ3n) is 5.52. The lowest BCUT2D eigenvalue weighted by atomic mass is 10.1. The molecule has 174 valence electrons. The van der Waals surface area contributed by atoms with Crippen molar-refractivity contribution in [3.63, 3.8) is 0 Å². The molecule has 0 aliphatic heterocycles. The van der Waals surface area contributed by atoms with Crippen molar-refractivity contribution in [3.05, 3.63) is 65.7 Å². The van der Waals surface area contributed by atoms with Crippen LogP contribution in [0.3, 0.4) is 0 Å². The highest BCUT2D eigenvalue weighted by molar-refractivity contribution is 5.87. The van der Waals surface area contributed by atoms with E-state index < -0.39 is 6.04 Å². The van der Waals surface area contributed by atoms with Crippen molar-refractivity contribution in [1.29, 1.82) is 0 Å². The molecule has 1 atom stereocenters. The van der Waals surface area contributed by atoms with E-state index in [1.54, 1.807) is 4.90 Å². The third kappa shape index (κ3) is 8.74. The highest BCUT2D eigenvalue weighted by Gasteiger charge is 2.27. The summed E-state index contributed by atoms with van der Waals surface area (Å²) in [6.45, 7) is 7.75. The molecule has 0 aromatic heterocycles. The van der Waals surface area contributed by atoms with E-state index in [4.69, 9.17) is 4.74 Å². The van der Waals surface area contributed by atoms with Gasteiger partial charge in [-0.15, -0.1) is 0 Å². The van der Waals surface area contributed by atoms with Gasteiger partial charge in [0.15, 0.2) is 0 Å². The van der Waals surface area contributed by atoms with Crippen LogP contribution >= 0.6 is 0 Å². The van der Waals surface area contributed by atoms with Gasteiger partial charge in [-0.3, -0.25) is 9.59 Å². The van der Waals surface area contributed by atoms with Crippen molar-refractivity contribution in [2.24, 2.45) is 0 Å². The minimum absolute atomic E-state index is 0.00549. The number of benzene rings is 2. The van der Waals surface area contributed by atoms with E-state index in [-0.39, 0.29) is 11.8 Å². The maximum absolute atomic E-state index is 13.1. The van der Waals surface area contributed by atoms with Crippen LogP contribution in [0, 0.1) is 6.92 Å². The first-order chi connectivity index (χ1) is 15.5. The molecular formula is C27H38N2O3. The minimum Gasteiger partial charge on any atom is -0.494 e. The Labute approximate surface area is 193 Å². The van der Waals surface area contributed by atoms with Crippen molar-refractivity contribution in [1.82, 2.24) is 10.2 Å². The van der Waals surface area contributed by atoms with Crippen molar-refractivity contribution in [2.75, 3.05) is 19.7 Å². The van der Waals surface area contributed by atoms with Crippen molar-refractivity contribution >= 4 is 11.8 Å². The normalized spacial score (nSPS) is 11.6. The van der Waals surface area contributed by atoms with Gasteiger partial charge < -0.3 is 15.0 Å². The highest BCUT2D eigenvalue weighted by Crippen LogP contribution is 2.14. The first-order valence-corrected chi connectivity index (χ1v) is 11.9. The summed E-state index contributed by atoms with van der Waals surface area (Å²) in [5.41, 5.74) is 2.35. The van der Waals surface area contributed by atoms with Crippen LogP contribution in [0.15, 0.2) is 54.6 Å². The van der Waals surface area contributed by atoms with Gasteiger partial charge in [-0.25, -0.2) is 0 Å². The van der Waals surface area contributed by atoms with E-state index in [1.807, 2.05) is 56.3 Å². The molecule has 0 aliphatic carbocycles. The SMILES string of the molecule is CCCCNC(=O)[C@@H](CC)N(CCc1ccccc1)C(=O)CCCOc1ccc(C)cc1. The summed E-state index contributed by atoms with van der Waals surface area (Å²) in [4.78, 5) is 27.7. The number of hydrogen-bond donors (Lipinski definition) is 1. The fourth-order valence-electron chi connectivity index (χ4n) is 3.59. The lowest BCUT2D eigenvalue weighted by Crippen LogP contribution is -2.50. The second-order valence-corrected chi connectivity index (χ2v) is 8.16. The minimum atomic E-state index is -0.443. The molecule has 2 aromatic carbocycles. The fourth-order valence-corrected chi connectivity index (χ4v) is 3.59. The van der Waals surface area contributed by atoms with Crippen LogP contribution in [-0.2, 0) is 16.0 Å². The molecule has 0 aliphatic rings. The predicted octanol–water partition coefficient (Wildman–Crippen LogP) is 4.92. The second-order valence-electron chi connectivity index (χ2n) is 8.16. The topological polar surface area (TPSA) is 58.6 Å². The molecule has 2 aromatic rings. The van der Waals surface area contributed by atoms with Crippen LogP contribution in [0.25, 0.3) is 0 Å². The number of ether oxygens (including phenoxy) is 1. The molecule has 0 heterocycles. The number of nitrogens with one attached hydrogen (secondary N) is 1. The van der Waals surface area contributed by atoms with E-state index >= 15 is 0 Å². The van der Waals surface area contributed by atoms with E-state index in [0.29, 0.717) is 39.0 Å². The summed E-state index contributed by atoms with van der Waals surface area (Å²) in [7, 11) is 0. The standard InChI is InChI=1S/C27H38N2O3/c1-4-6-19-28-27(31)25(5-2)29(20-18-23-11-8-7-9-12-23)26(30)13-10-21-32-24-16-14-22(3)15-17-24/h7-9,11-12,14-17,25H,4-6,10,13,18-21H2,1-3H3,(H,28,31)/t25-/m1/s1. The molecule has 2 rings (SSSR count). The predicted molar refractivity (Wildman–Crippen MR) is 130 cm³/mol. The number of amides is 2. The third-order valence-corrected chi connectivity index (χ3v) is 5.52. The van der Waals surface area contributed by atoms with Crippen LogP contribution in [0.2, 0.25) is 0 Å². The molecule has 1 N–H and O–H groups in total. The number of rotatable bonds is 14. The summed E-state index contributed by atoms with van der Waals surface area (Å²) in [5, 5.41) is 3.00. The summed E-state index contributed by atoms with van der Waals surface area (Å²) in [5.74, 6) is 0.759. The summed E-state index contributed by atoms with van der Waals surface area (Å²) >= 11 is 0. The van der Waals surface area contributed by atoms with Crippen molar-refractivity contribution in [2.45, 2.75) is 65.3 Å². The number of nitrogens with zero attached hydrogens (tertiary/aromatic N) is 1. The molecule has 5 nitrogen and oxygen atoms in total. The van der Waals surface area contributed by atoms with Gasteiger partial charge in [0.05, 0.1) is 6.61 Å². The van der Waals surface area contributed by atoms with Gasteiger partial charge in [0, 0.05) is 19.5 Å². The van der Waals surface area contributed by atoms with E-state index in [2.05, 4.69) is 24.4 Å². The summed E-state index contributed by atoms with van der Waals surface area (Å²) in [6, 6.07) is 17.5. The Morgan fingerprint density at radius 2 is 1.72 bits per heavy atom. The number of unbranched alkanes of at least 4 members (excludes halogenated alkanes) is 1. The van der Waals surface area contributed by atoms with Gasteiger partial charge in [0.2, 0.25) is 11.8 Å². The Kier molecular flexibility index (Phi) is 11.4. The van der Waals surface area contributed by atoms with E-state index in [9.17, 15) is 9.59 Å². The maximum Gasteiger partial charge on any atom is 0.242 e. The average Bonchev–Trinajstić information content (AvgIpc) is 2.81. The molecule has 0 radical (unpaired) electrons. The average molecular weight is 439 g/mol. The maximum atomic E-state index is 13.1. The number of hydrogen-bond acceptors (Lipinski definition) is 3. The highest BCUT2D eigenvalue weighted by atomic mass is 16.5. The van der Waals surface area contributed by atoms with Crippen LogP contribution in [0.5, 0.6) is 5.75 Å². The molecule has 32 heavy (non-hydrogen) atoms. The van der Waals surface area contributed by atoms with Gasteiger partial charge >= 0.3 is 0 Å². The fraction of sp³-hybridized carbons (Fsp3) is 0.481. The van der Waals surface area contributed by atoms with Crippen molar-refractivity contribution in [3.8, 4) is 5.75 Å². The van der Waals surface area contributed by atoms with Crippen LogP contribution < -0.4 is 10.1 Å². The Hall–Kier alpha value is -2.82. The largest absolute Gasteiger partial charge is 0.494 e. The van der Waals surface area contributed by atoms with Gasteiger partial charge in [0.1, 0.15) is 11.8 Å². The van der Waals surface area contributed by atoms with Gasteiger partial charge in [-0.2, -0.15) is 0 Å². The van der Waals surface area contributed by atoms with Crippen LogP contribution in [-0.4, -0.2) is 42.5 Å². The zero-order valence-corrected chi connectivity index (χ0v) is 19.8. The molecule has 0 unspecified atom stereocenters. The van der Waals surface area contributed by atoms with E-state index in [1.165, 1.54) is 5.56 Å². The Morgan fingerprint density at radius 1 is 1.00 bits per heavy atom. The zero-order valence-electron chi connectivity index (χ0n) is 19.8. The quantitative estimate of drug-likeness (QED) is 0.426. The monoisotopic (exact) mass is 438 g/mol. The molecule has 0 fully saturated rings. The Bertz CT molecular complexity index is 805. The first-order valence-electron chi connectivity index (χ1n) is 11.9. The molecule has 2 amide bonds. The van der Waals surface area contributed by atoms with Crippen LogP contribution in [0.1, 0.15) is 57.1 Å². The summed E-state index contributed by atoms with van der Waals surface area (Å²) in [6.07, 6.45) is 4.26. The second kappa shape index (κ2) is 14.3. The number of carbonyl (C=O) groups excluding carboxylic acids is 2. The Balaban J connectivity index is 1.96. The van der Waals surface area contributed by atoms with Crippen molar-refractivity contribution < 1.29 is 14.3 Å². The van der Waals surface area contributed by atoms with E-state index in [0.717, 1.165) is 30.6 Å². The first kappa shape index (κ1) is 25.4. The summed E-state index contributed by atoms with van der Waals surface area (Å²) < 4.78 is 5.77. The molecule has 0 spiro atoms. The molecule has 0 bridgehead atoms. The molecule has 5 heteroatoms.